The summed E-state index contributed by atoms with van der Waals surface area (Å²) in [5.41, 5.74) is 1.53. The van der Waals surface area contributed by atoms with E-state index >= 15 is 0 Å². The second-order valence-corrected chi connectivity index (χ2v) is 7.64. The standard InChI is InChI=1S/C20H23BrClN3O2/c1-25(2)18(16-5-3-4-6-17(16)22)13-24-19(26)11-12-23-20(27)14-7-9-15(21)10-8-14/h3-10,18H,11-13H2,1-2H3,(H,23,27)(H,24,26). The highest BCUT2D eigenvalue weighted by Gasteiger charge is 2.17. The monoisotopic (exact) mass is 451 g/mol. The van der Waals surface area contributed by atoms with Crippen LogP contribution in [0.15, 0.2) is 53.0 Å². The van der Waals surface area contributed by atoms with Crippen LogP contribution in [0.4, 0.5) is 0 Å². The number of amides is 2. The molecule has 7 heteroatoms. The Bertz CT molecular complexity index is 781. The molecule has 2 rings (SSSR count). The molecule has 2 amide bonds. The number of halogens is 2. The largest absolute Gasteiger partial charge is 0.354 e. The zero-order chi connectivity index (χ0) is 19.8. The van der Waals surface area contributed by atoms with Crippen molar-refractivity contribution in [3.63, 3.8) is 0 Å². The third-order valence-electron chi connectivity index (χ3n) is 4.12. The first kappa shape index (κ1) is 21.4. The predicted molar refractivity (Wildman–Crippen MR) is 112 cm³/mol. The molecule has 0 aliphatic heterocycles. The molecule has 27 heavy (non-hydrogen) atoms. The van der Waals surface area contributed by atoms with Gasteiger partial charge in [-0.3, -0.25) is 9.59 Å². The molecule has 0 heterocycles. The Morgan fingerprint density at radius 1 is 1.07 bits per heavy atom. The van der Waals surface area contributed by atoms with Gasteiger partial charge in [0.25, 0.3) is 5.91 Å². The molecule has 0 saturated heterocycles. The Balaban J connectivity index is 1.80. The highest BCUT2D eigenvalue weighted by atomic mass is 79.9. The van der Waals surface area contributed by atoms with Crippen molar-refractivity contribution in [2.24, 2.45) is 0 Å². The molecule has 2 aromatic carbocycles. The normalized spacial score (nSPS) is 11.9. The van der Waals surface area contributed by atoms with E-state index < -0.39 is 0 Å². The summed E-state index contributed by atoms with van der Waals surface area (Å²) in [6.45, 7) is 0.718. The van der Waals surface area contributed by atoms with Gasteiger partial charge in [-0.05, 0) is 50.0 Å². The van der Waals surface area contributed by atoms with Crippen molar-refractivity contribution in [1.82, 2.24) is 15.5 Å². The lowest BCUT2D eigenvalue weighted by atomic mass is 10.1. The van der Waals surface area contributed by atoms with Gasteiger partial charge in [0, 0.05) is 34.6 Å². The summed E-state index contributed by atoms with van der Waals surface area (Å²) in [6.07, 6.45) is 0.213. The number of benzene rings is 2. The van der Waals surface area contributed by atoms with E-state index in [0.717, 1.165) is 10.0 Å². The lowest BCUT2D eigenvalue weighted by Crippen LogP contribution is -2.36. The van der Waals surface area contributed by atoms with Crippen molar-refractivity contribution in [3.8, 4) is 0 Å². The molecule has 0 aliphatic carbocycles. The van der Waals surface area contributed by atoms with Crippen molar-refractivity contribution >= 4 is 39.3 Å². The van der Waals surface area contributed by atoms with Crippen LogP contribution in [-0.4, -0.2) is 43.9 Å². The summed E-state index contributed by atoms with van der Waals surface area (Å²) in [5, 5.41) is 6.34. The Morgan fingerprint density at radius 3 is 2.37 bits per heavy atom. The predicted octanol–water partition coefficient (Wildman–Crippen LogP) is 3.64. The highest BCUT2D eigenvalue weighted by molar-refractivity contribution is 9.10. The van der Waals surface area contributed by atoms with Gasteiger partial charge in [0.1, 0.15) is 0 Å². The fourth-order valence-corrected chi connectivity index (χ4v) is 3.13. The number of nitrogens with zero attached hydrogens (tertiary/aromatic N) is 1. The zero-order valence-corrected chi connectivity index (χ0v) is 17.7. The van der Waals surface area contributed by atoms with Gasteiger partial charge in [0.05, 0.1) is 6.04 Å². The molecular formula is C20H23BrClN3O2. The maximum Gasteiger partial charge on any atom is 0.251 e. The first-order valence-corrected chi connectivity index (χ1v) is 9.77. The third kappa shape index (κ3) is 6.65. The summed E-state index contributed by atoms with van der Waals surface area (Å²) in [7, 11) is 3.89. The number of hydrogen-bond acceptors (Lipinski definition) is 3. The number of hydrogen-bond donors (Lipinski definition) is 2. The molecule has 5 nitrogen and oxygen atoms in total. The zero-order valence-electron chi connectivity index (χ0n) is 15.3. The number of rotatable bonds is 8. The van der Waals surface area contributed by atoms with E-state index in [0.29, 0.717) is 17.1 Å². The minimum atomic E-state index is -0.197. The molecule has 0 aliphatic rings. The van der Waals surface area contributed by atoms with E-state index in [1.54, 1.807) is 24.3 Å². The van der Waals surface area contributed by atoms with Crippen LogP contribution in [0.25, 0.3) is 0 Å². The van der Waals surface area contributed by atoms with Gasteiger partial charge in [-0.15, -0.1) is 0 Å². The lowest BCUT2D eigenvalue weighted by Gasteiger charge is -2.26. The van der Waals surface area contributed by atoms with Gasteiger partial charge in [-0.1, -0.05) is 45.7 Å². The van der Waals surface area contributed by atoms with E-state index in [1.807, 2.05) is 43.3 Å². The fraction of sp³-hybridized carbons (Fsp3) is 0.300. The molecule has 144 valence electrons. The summed E-state index contributed by atoms with van der Waals surface area (Å²) in [4.78, 5) is 26.2. The summed E-state index contributed by atoms with van der Waals surface area (Å²) in [6, 6.07) is 14.6. The second kappa shape index (κ2) is 10.4. The molecule has 2 N–H and O–H groups in total. The van der Waals surface area contributed by atoms with E-state index in [2.05, 4.69) is 26.6 Å². The van der Waals surface area contributed by atoms with E-state index in [9.17, 15) is 9.59 Å². The first-order valence-electron chi connectivity index (χ1n) is 8.60. The van der Waals surface area contributed by atoms with E-state index in [4.69, 9.17) is 11.6 Å². The van der Waals surface area contributed by atoms with Gasteiger partial charge < -0.3 is 15.5 Å². The second-order valence-electron chi connectivity index (χ2n) is 6.32. The van der Waals surface area contributed by atoms with Crippen LogP contribution in [0, 0.1) is 0 Å². The van der Waals surface area contributed by atoms with Gasteiger partial charge in [0.15, 0.2) is 0 Å². The number of carbonyl (C=O) groups excluding carboxylic acids is 2. The van der Waals surface area contributed by atoms with Crippen molar-refractivity contribution in [3.05, 3.63) is 69.2 Å². The lowest BCUT2D eigenvalue weighted by molar-refractivity contribution is -0.121. The maximum absolute atomic E-state index is 12.1. The number of likely N-dealkylation sites (N-methyl/N-ethyl adjacent to an activating group) is 1. The number of nitrogens with one attached hydrogen (secondary N) is 2. The third-order valence-corrected chi connectivity index (χ3v) is 5.00. The summed E-state index contributed by atoms with van der Waals surface area (Å²) in [5.74, 6) is -0.317. The quantitative estimate of drug-likeness (QED) is 0.643. The topological polar surface area (TPSA) is 61.4 Å². The SMILES string of the molecule is CN(C)C(CNC(=O)CCNC(=O)c1ccc(Br)cc1)c1ccccc1Cl. The smallest absolute Gasteiger partial charge is 0.251 e. The van der Waals surface area contributed by atoms with Crippen LogP contribution >= 0.6 is 27.5 Å². The summed E-state index contributed by atoms with van der Waals surface area (Å²) >= 11 is 9.61. The molecule has 1 unspecified atom stereocenters. The fourth-order valence-electron chi connectivity index (χ4n) is 2.61. The van der Waals surface area contributed by atoms with Gasteiger partial charge in [-0.2, -0.15) is 0 Å². The minimum Gasteiger partial charge on any atom is -0.354 e. The Hall–Kier alpha value is -1.89. The molecule has 1 atom stereocenters. The van der Waals surface area contributed by atoms with Crippen molar-refractivity contribution in [2.75, 3.05) is 27.2 Å². The van der Waals surface area contributed by atoms with Gasteiger partial charge in [0.2, 0.25) is 5.91 Å². The molecule has 0 saturated carbocycles. The minimum absolute atomic E-state index is 0.0278. The Labute approximate surface area is 173 Å². The van der Waals surface area contributed by atoms with Crippen LogP contribution in [0.5, 0.6) is 0 Å². The first-order chi connectivity index (χ1) is 12.9. The van der Waals surface area contributed by atoms with E-state index in [1.165, 1.54) is 0 Å². The van der Waals surface area contributed by atoms with Crippen LogP contribution in [0.1, 0.15) is 28.4 Å². The number of carbonyl (C=O) groups is 2. The Morgan fingerprint density at radius 2 is 1.74 bits per heavy atom. The van der Waals surface area contributed by atoms with E-state index in [-0.39, 0.29) is 30.8 Å². The van der Waals surface area contributed by atoms with Crippen LogP contribution in [0.2, 0.25) is 5.02 Å². The molecular weight excluding hydrogens is 430 g/mol. The molecule has 0 spiro atoms. The highest BCUT2D eigenvalue weighted by Crippen LogP contribution is 2.25. The van der Waals surface area contributed by atoms with Gasteiger partial charge >= 0.3 is 0 Å². The van der Waals surface area contributed by atoms with Crippen LogP contribution < -0.4 is 10.6 Å². The van der Waals surface area contributed by atoms with Crippen LogP contribution in [0.3, 0.4) is 0 Å². The van der Waals surface area contributed by atoms with Gasteiger partial charge in [-0.25, -0.2) is 0 Å². The molecule has 2 aromatic rings. The average Bonchev–Trinajstić information content (AvgIpc) is 2.63. The molecule has 0 aromatic heterocycles. The molecule has 0 bridgehead atoms. The maximum atomic E-state index is 12.1. The van der Waals surface area contributed by atoms with Crippen LogP contribution in [-0.2, 0) is 4.79 Å². The average molecular weight is 453 g/mol. The molecule has 0 radical (unpaired) electrons. The Kier molecular flexibility index (Phi) is 8.28. The molecule has 0 fully saturated rings. The van der Waals surface area contributed by atoms with Crippen molar-refractivity contribution in [2.45, 2.75) is 12.5 Å². The van der Waals surface area contributed by atoms with Crippen molar-refractivity contribution in [1.29, 1.82) is 0 Å². The van der Waals surface area contributed by atoms with Crippen molar-refractivity contribution < 1.29 is 9.59 Å². The summed E-state index contributed by atoms with van der Waals surface area (Å²) < 4.78 is 0.910.